The summed E-state index contributed by atoms with van der Waals surface area (Å²) in [6.07, 6.45) is 9.38. The van der Waals surface area contributed by atoms with Crippen LogP contribution in [-0.2, 0) is 29.4 Å². The Morgan fingerprint density at radius 2 is 1.79 bits per heavy atom. The Balaban J connectivity index is 1.27. The normalized spacial score (nSPS) is 18.0. The molecule has 0 N–H and O–H groups in total. The van der Waals surface area contributed by atoms with Gasteiger partial charge in [0.2, 0.25) is 10.0 Å². The second-order valence-corrected chi connectivity index (χ2v) is 9.30. The molecule has 146 valence electrons. The summed E-state index contributed by atoms with van der Waals surface area (Å²) in [6.45, 7) is 1.25. The lowest BCUT2D eigenvalue weighted by atomic mass is 9.92. The predicted molar refractivity (Wildman–Crippen MR) is 100 cm³/mol. The summed E-state index contributed by atoms with van der Waals surface area (Å²) >= 11 is 0. The largest absolute Gasteiger partial charge is 0.246 e. The maximum Gasteiger partial charge on any atom is 0.243 e. The van der Waals surface area contributed by atoms with E-state index in [4.69, 9.17) is 0 Å². The molecule has 0 unspecified atom stereocenters. The number of aryl methyl sites for hydroxylation is 2. The molecule has 10 heteroatoms. The lowest BCUT2D eigenvalue weighted by Crippen LogP contribution is -2.50. The third-order valence-corrected chi connectivity index (χ3v) is 7.32. The van der Waals surface area contributed by atoms with Crippen molar-refractivity contribution in [1.82, 2.24) is 34.3 Å². The second kappa shape index (κ2) is 6.78. The molecule has 5 rings (SSSR count). The molecule has 1 aromatic carbocycles. The van der Waals surface area contributed by atoms with Crippen LogP contribution in [0.25, 0.3) is 0 Å². The highest BCUT2D eigenvalue weighted by molar-refractivity contribution is 7.89. The molecule has 1 fully saturated rings. The van der Waals surface area contributed by atoms with E-state index < -0.39 is 10.0 Å². The van der Waals surface area contributed by atoms with Crippen molar-refractivity contribution >= 4 is 10.0 Å². The number of hydrogen-bond acceptors (Lipinski definition) is 6. The van der Waals surface area contributed by atoms with Gasteiger partial charge in [-0.1, -0.05) is 11.3 Å². The molecule has 2 aliphatic rings. The fourth-order valence-corrected chi connectivity index (χ4v) is 5.40. The molecule has 1 saturated heterocycles. The standard InChI is InChI=1S/C18H21N7O2S/c26-28(27,18-6-5-14-3-1-2-4-15(14)9-18)23-12-17(13-23)24-10-16(21-22-24)11-25-19-7-8-20-25/h5-10,17H,1-4,11-13H2. The summed E-state index contributed by atoms with van der Waals surface area (Å²) in [6, 6.07) is 5.59. The molecular formula is C18H21N7O2S. The molecule has 1 aliphatic heterocycles. The number of rotatable bonds is 5. The highest BCUT2D eigenvalue weighted by atomic mass is 32.2. The van der Waals surface area contributed by atoms with Crippen LogP contribution in [0.2, 0.25) is 0 Å². The predicted octanol–water partition coefficient (Wildman–Crippen LogP) is 1.04. The first-order valence-corrected chi connectivity index (χ1v) is 10.9. The number of fused-ring (bicyclic) bond motifs is 1. The minimum Gasteiger partial charge on any atom is -0.246 e. The van der Waals surface area contributed by atoms with E-state index in [1.165, 1.54) is 26.6 Å². The Kier molecular flexibility index (Phi) is 4.24. The Morgan fingerprint density at radius 1 is 1.04 bits per heavy atom. The lowest BCUT2D eigenvalue weighted by Gasteiger charge is -2.37. The Labute approximate surface area is 163 Å². The van der Waals surface area contributed by atoms with Gasteiger partial charge in [-0.3, -0.25) is 0 Å². The first kappa shape index (κ1) is 17.5. The van der Waals surface area contributed by atoms with Gasteiger partial charge < -0.3 is 0 Å². The van der Waals surface area contributed by atoms with Gasteiger partial charge in [-0.15, -0.1) is 5.10 Å². The van der Waals surface area contributed by atoms with Crippen molar-refractivity contribution < 1.29 is 8.42 Å². The zero-order valence-electron chi connectivity index (χ0n) is 15.3. The van der Waals surface area contributed by atoms with Gasteiger partial charge in [-0.2, -0.15) is 19.3 Å². The van der Waals surface area contributed by atoms with Gasteiger partial charge in [0.25, 0.3) is 0 Å². The van der Waals surface area contributed by atoms with Gasteiger partial charge in [0, 0.05) is 13.1 Å². The smallest absolute Gasteiger partial charge is 0.243 e. The summed E-state index contributed by atoms with van der Waals surface area (Å²) in [7, 11) is -3.46. The average Bonchev–Trinajstić information content (AvgIpc) is 3.33. The van der Waals surface area contributed by atoms with Gasteiger partial charge in [-0.25, -0.2) is 13.1 Å². The van der Waals surface area contributed by atoms with Crippen molar-refractivity contribution in [2.45, 2.75) is 43.2 Å². The molecular weight excluding hydrogens is 378 g/mol. The third-order valence-electron chi connectivity index (χ3n) is 5.49. The van der Waals surface area contributed by atoms with Crippen LogP contribution in [0.4, 0.5) is 0 Å². The van der Waals surface area contributed by atoms with E-state index in [0.717, 1.165) is 25.0 Å². The van der Waals surface area contributed by atoms with Crippen molar-refractivity contribution in [1.29, 1.82) is 0 Å². The molecule has 2 aromatic heterocycles. The molecule has 0 radical (unpaired) electrons. The van der Waals surface area contributed by atoms with Crippen LogP contribution < -0.4 is 0 Å². The summed E-state index contributed by atoms with van der Waals surface area (Å²) in [5.74, 6) is 0. The number of aromatic nitrogens is 6. The van der Waals surface area contributed by atoms with E-state index in [9.17, 15) is 8.42 Å². The molecule has 1 aliphatic carbocycles. The highest BCUT2D eigenvalue weighted by Crippen LogP contribution is 2.30. The summed E-state index contributed by atoms with van der Waals surface area (Å²) in [5.41, 5.74) is 3.21. The van der Waals surface area contributed by atoms with Crippen LogP contribution >= 0.6 is 0 Å². The highest BCUT2D eigenvalue weighted by Gasteiger charge is 2.38. The van der Waals surface area contributed by atoms with Crippen LogP contribution in [-0.4, -0.2) is 55.8 Å². The molecule has 3 heterocycles. The van der Waals surface area contributed by atoms with Crippen LogP contribution in [0.5, 0.6) is 0 Å². The Bertz CT molecular complexity index is 1090. The average molecular weight is 399 g/mol. The molecule has 0 amide bonds. The number of benzene rings is 1. The van der Waals surface area contributed by atoms with E-state index in [1.807, 2.05) is 18.3 Å². The molecule has 0 saturated carbocycles. The van der Waals surface area contributed by atoms with E-state index in [-0.39, 0.29) is 6.04 Å². The van der Waals surface area contributed by atoms with E-state index in [0.29, 0.717) is 24.5 Å². The Morgan fingerprint density at radius 3 is 2.57 bits per heavy atom. The first-order chi connectivity index (χ1) is 13.6. The van der Waals surface area contributed by atoms with Crippen molar-refractivity contribution in [2.24, 2.45) is 0 Å². The van der Waals surface area contributed by atoms with Crippen molar-refractivity contribution in [3.05, 3.63) is 53.6 Å². The van der Waals surface area contributed by atoms with Crippen molar-refractivity contribution in [2.75, 3.05) is 13.1 Å². The van der Waals surface area contributed by atoms with E-state index in [2.05, 4.69) is 20.5 Å². The van der Waals surface area contributed by atoms with Crippen LogP contribution in [0, 0.1) is 0 Å². The number of hydrogen-bond donors (Lipinski definition) is 0. The zero-order valence-corrected chi connectivity index (χ0v) is 16.2. The maximum absolute atomic E-state index is 13.0. The maximum atomic E-state index is 13.0. The second-order valence-electron chi connectivity index (χ2n) is 7.36. The number of nitrogens with zero attached hydrogens (tertiary/aromatic N) is 7. The van der Waals surface area contributed by atoms with E-state index in [1.54, 1.807) is 23.1 Å². The quantitative estimate of drug-likeness (QED) is 0.636. The van der Waals surface area contributed by atoms with Gasteiger partial charge >= 0.3 is 0 Å². The van der Waals surface area contributed by atoms with Crippen LogP contribution in [0.1, 0.15) is 35.7 Å². The van der Waals surface area contributed by atoms with Crippen molar-refractivity contribution in [3.63, 3.8) is 0 Å². The lowest BCUT2D eigenvalue weighted by molar-refractivity contribution is 0.189. The minimum atomic E-state index is -3.46. The molecule has 0 atom stereocenters. The topological polar surface area (TPSA) is 98.8 Å². The first-order valence-electron chi connectivity index (χ1n) is 9.46. The van der Waals surface area contributed by atoms with Crippen LogP contribution in [0.3, 0.4) is 0 Å². The monoisotopic (exact) mass is 399 g/mol. The SMILES string of the molecule is O=S(=O)(c1ccc2c(c1)CCCC2)N1CC(n2cc(Cn3nccn3)nn2)C1. The molecule has 9 nitrogen and oxygen atoms in total. The summed E-state index contributed by atoms with van der Waals surface area (Å²) < 4.78 is 29.2. The summed E-state index contributed by atoms with van der Waals surface area (Å²) in [4.78, 5) is 1.93. The third kappa shape index (κ3) is 3.12. The molecule has 0 spiro atoms. The number of sulfonamides is 1. The molecule has 3 aromatic rings. The fourth-order valence-electron chi connectivity index (χ4n) is 3.83. The van der Waals surface area contributed by atoms with E-state index >= 15 is 0 Å². The van der Waals surface area contributed by atoms with Gasteiger partial charge in [0.1, 0.15) is 12.2 Å². The molecule has 28 heavy (non-hydrogen) atoms. The Hall–Kier alpha value is -2.59. The van der Waals surface area contributed by atoms with Gasteiger partial charge in [0.05, 0.1) is 29.5 Å². The van der Waals surface area contributed by atoms with Gasteiger partial charge in [-0.05, 0) is 48.9 Å². The summed E-state index contributed by atoms with van der Waals surface area (Å²) in [5, 5.41) is 16.4. The van der Waals surface area contributed by atoms with Crippen molar-refractivity contribution in [3.8, 4) is 0 Å². The van der Waals surface area contributed by atoms with Crippen LogP contribution in [0.15, 0.2) is 41.7 Å². The zero-order chi connectivity index (χ0) is 19.1. The molecule has 0 bridgehead atoms. The fraction of sp³-hybridized carbons (Fsp3) is 0.444. The minimum absolute atomic E-state index is 0.000710. The van der Waals surface area contributed by atoms with Gasteiger partial charge in [0.15, 0.2) is 0 Å².